The summed E-state index contributed by atoms with van der Waals surface area (Å²) in [5.74, 6) is 4.75. The van der Waals surface area contributed by atoms with E-state index in [2.05, 4.69) is 16.6 Å². The van der Waals surface area contributed by atoms with Gasteiger partial charge in [-0.3, -0.25) is 0 Å². The number of ether oxygens (including phenoxy) is 1. The van der Waals surface area contributed by atoms with Crippen LogP contribution in [0.3, 0.4) is 0 Å². The third-order valence-corrected chi connectivity index (χ3v) is 2.20. The highest BCUT2D eigenvalue weighted by Crippen LogP contribution is 2.07. The minimum absolute atomic E-state index is 0.245. The summed E-state index contributed by atoms with van der Waals surface area (Å²) < 4.78 is 4.37. The van der Waals surface area contributed by atoms with Gasteiger partial charge in [-0.1, -0.05) is 12.8 Å². The lowest BCUT2D eigenvalue weighted by atomic mass is 10.3. The van der Waals surface area contributed by atoms with Crippen LogP contribution in [0.5, 0.6) is 0 Å². The van der Waals surface area contributed by atoms with E-state index in [4.69, 9.17) is 0 Å². The van der Waals surface area contributed by atoms with Gasteiger partial charge >= 0.3 is 5.97 Å². The first-order chi connectivity index (χ1) is 5.24. The third-order valence-electron chi connectivity index (χ3n) is 1.18. The van der Waals surface area contributed by atoms with Crippen LogP contribution in [0.1, 0.15) is 13.3 Å². The fourth-order valence-corrected chi connectivity index (χ4v) is 1.03. The molecule has 2 nitrogen and oxygen atoms in total. The molecule has 1 atom stereocenters. The molecule has 62 valence electrons. The SMILES string of the molecule is CCC(C#CC(=O)OC)SC. The smallest absolute Gasteiger partial charge is 0.384 e. The summed E-state index contributed by atoms with van der Waals surface area (Å²) in [5.41, 5.74) is 0. The van der Waals surface area contributed by atoms with Crippen LogP contribution in [-0.2, 0) is 9.53 Å². The minimum Gasteiger partial charge on any atom is -0.459 e. The molecule has 11 heavy (non-hydrogen) atoms. The van der Waals surface area contributed by atoms with Gasteiger partial charge in [0, 0.05) is 5.92 Å². The van der Waals surface area contributed by atoms with Crippen LogP contribution < -0.4 is 0 Å². The fraction of sp³-hybridized carbons (Fsp3) is 0.625. The molecule has 0 aromatic heterocycles. The molecular weight excluding hydrogens is 160 g/mol. The summed E-state index contributed by atoms with van der Waals surface area (Å²) in [5, 5.41) is 0.245. The molecule has 0 aliphatic rings. The van der Waals surface area contributed by atoms with E-state index < -0.39 is 5.97 Å². The summed E-state index contributed by atoms with van der Waals surface area (Å²) >= 11 is 1.64. The molecule has 0 heterocycles. The number of carbonyl (C=O) groups is 1. The van der Waals surface area contributed by atoms with E-state index in [0.717, 1.165) is 6.42 Å². The molecular formula is C8H12O2S. The average Bonchev–Trinajstić information content (AvgIpc) is 2.06. The second-order valence-electron chi connectivity index (χ2n) is 1.89. The summed E-state index contributed by atoms with van der Waals surface area (Å²) in [6.07, 6.45) is 2.92. The van der Waals surface area contributed by atoms with E-state index in [-0.39, 0.29) is 5.25 Å². The predicted molar refractivity (Wildman–Crippen MR) is 47.4 cm³/mol. The zero-order valence-electron chi connectivity index (χ0n) is 7.01. The first-order valence-corrected chi connectivity index (χ1v) is 4.65. The van der Waals surface area contributed by atoms with Crippen LogP contribution in [0.25, 0.3) is 0 Å². The highest BCUT2D eigenvalue weighted by atomic mass is 32.2. The Hall–Kier alpha value is -0.620. The lowest BCUT2D eigenvalue weighted by Crippen LogP contribution is -1.99. The van der Waals surface area contributed by atoms with E-state index in [1.54, 1.807) is 11.8 Å². The summed E-state index contributed by atoms with van der Waals surface area (Å²) in [6.45, 7) is 2.03. The van der Waals surface area contributed by atoms with Crippen molar-refractivity contribution in [2.24, 2.45) is 0 Å². The van der Waals surface area contributed by atoms with Crippen molar-refractivity contribution in [3.05, 3.63) is 0 Å². The highest BCUT2D eigenvalue weighted by Gasteiger charge is 1.98. The van der Waals surface area contributed by atoms with Crippen molar-refractivity contribution in [1.82, 2.24) is 0 Å². The Labute approximate surface area is 71.7 Å². The van der Waals surface area contributed by atoms with Gasteiger partial charge in [0.05, 0.1) is 12.4 Å². The summed E-state index contributed by atoms with van der Waals surface area (Å²) in [7, 11) is 1.33. The lowest BCUT2D eigenvalue weighted by molar-refractivity contribution is -0.133. The monoisotopic (exact) mass is 172 g/mol. The van der Waals surface area contributed by atoms with E-state index in [1.807, 2.05) is 13.2 Å². The van der Waals surface area contributed by atoms with Crippen molar-refractivity contribution in [1.29, 1.82) is 0 Å². The van der Waals surface area contributed by atoms with Crippen molar-refractivity contribution in [3.63, 3.8) is 0 Å². The van der Waals surface area contributed by atoms with Gasteiger partial charge in [0.1, 0.15) is 0 Å². The Morgan fingerprint density at radius 2 is 2.36 bits per heavy atom. The number of esters is 1. The minimum atomic E-state index is -0.461. The van der Waals surface area contributed by atoms with Gasteiger partial charge in [-0.25, -0.2) is 4.79 Å². The second-order valence-corrected chi connectivity index (χ2v) is 2.93. The van der Waals surface area contributed by atoms with Crippen LogP contribution in [0.2, 0.25) is 0 Å². The van der Waals surface area contributed by atoms with E-state index in [0.29, 0.717) is 0 Å². The van der Waals surface area contributed by atoms with Crippen molar-refractivity contribution in [3.8, 4) is 11.8 Å². The molecule has 0 saturated heterocycles. The molecule has 0 spiro atoms. The maximum Gasteiger partial charge on any atom is 0.384 e. The fourth-order valence-electron chi connectivity index (χ4n) is 0.518. The summed E-state index contributed by atoms with van der Waals surface area (Å²) in [6, 6.07) is 0. The number of rotatable bonds is 2. The molecule has 0 aliphatic heterocycles. The maximum absolute atomic E-state index is 10.5. The first kappa shape index (κ1) is 10.4. The van der Waals surface area contributed by atoms with Gasteiger partial charge in [0.25, 0.3) is 0 Å². The number of methoxy groups -OCH3 is 1. The third kappa shape index (κ3) is 4.74. The number of hydrogen-bond acceptors (Lipinski definition) is 3. The Morgan fingerprint density at radius 1 is 1.73 bits per heavy atom. The second kappa shape index (κ2) is 6.11. The molecule has 0 aromatic rings. The average molecular weight is 172 g/mol. The molecule has 0 aromatic carbocycles. The molecule has 0 amide bonds. The predicted octanol–water partition coefficient (Wildman–Crippen LogP) is 1.30. The largest absolute Gasteiger partial charge is 0.459 e. The van der Waals surface area contributed by atoms with Gasteiger partial charge in [-0.15, -0.1) is 11.8 Å². The molecule has 0 N–H and O–H groups in total. The van der Waals surface area contributed by atoms with Gasteiger partial charge in [-0.05, 0) is 12.7 Å². The van der Waals surface area contributed by atoms with Crippen molar-refractivity contribution < 1.29 is 9.53 Å². The highest BCUT2D eigenvalue weighted by molar-refractivity contribution is 7.99. The molecule has 0 rings (SSSR count). The van der Waals surface area contributed by atoms with Gasteiger partial charge in [0.15, 0.2) is 0 Å². The Balaban J connectivity index is 3.92. The molecule has 0 radical (unpaired) electrons. The van der Waals surface area contributed by atoms with Crippen molar-refractivity contribution in [2.75, 3.05) is 13.4 Å². The van der Waals surface area contributed by atoms with E-state index in [9.17, 15) is 4.79 Å². The van der Waals surface area contributed by atoms with Crippen LogP contribution in [-0.4, -0.2) is 24.6 Å². The normalized spacial score (nSPS) is 11.2. The van der Waals surface area contributed by atoms with Crippen LogP contribution in [0, 0.1) is 11.8 Å². The van der Waals surface area contributed by atoms with Crippen LogP contribution >= 0.6 is 11.8 Å². The Kier molecular flexibility index (Phi) is 5.77. The van der Waals surface area contributed by atoms with Crippen molar-refractivity contribution in [2.45, 2.75) is 18.6 Å². The van der Waals surface area contributed by atoms with E-state index >= 15 is 0 Å². The maximum atomic E-state index is 10.5. The molecule has 0 saturated carbocycles. The topological polar surface area (TPSA) is 26.3 Å². The number of thioether (sulfide) groups is 1. The van der Waals surface area contributed by atoms with Gasteiger partial charge < -0.3 is 4.74 Å². The lowest BCUT2D eigenvalue weighted by Gasteiger charge is -1.99. The zero-order valence-corrected chi connectivity index (χ0v) is 7.83. The first-order valence-electron chi connectivity index (χ1n) is 3.36. The molecule has 0 aliphatic carbocycles. The zero-order chi connectivity index (χ0) is 8.69. The molecule has 0 fully saturated rings. The molecule has 3 heteroatoms. The Morgan fingerprint density at radius 3 is 2.73 bits per heavy atom. The van der Waals surface area contributed by atoms with Gasteiger partial charge in [0.2, 0.25) is 0 Å². The summed E-state index contributed by atoms with van der Waals surface area (Å²) in [4.78, 5) is 10.5. The quantitative estimate of drug-likeness (QED) is 0.357. The van der Waals surface area contributed by atoms with Crippen LogP contribution in [0.15, 0.2) is 0 Å². The van der Waals surface area contributed by atoms with Crippen molar-refractivity contribution >= 4 is 17.7 Å². The number of carbonyl (C=O) groups excluding carboxylic acids is 1. The number of hydrogen-bond donors (Lipinski definition) is 0. The Bertz CT molecular complexity index is 174. The molecule has 0 bridgehead atoms. The van der Waals surface area contributed by atoms with Gasteiger partial charge in [-0.2, -0.15) is 0 Å². The molecule has 1 unspecified atom stereocenters. The standard InChI is InChI=1S/C8H12O2S/c1-4-7(11-3)5-6-8(9)10-2/h7H,4H2,1-3H3. The van der Waals surface area contributed by atoms with Crippen LogP contribution in [0.4, 0.5) is 0 Å². The van der Waals surface area contributed by atoms with E-state index in [1.165, 1.54) is 7.11 Å².